The van der Waals surface area contributed by atoms with Crippen LogP contribution >= 0.6 is 0 Å². The first-order valence-corrected chi connectivity index (χ1v) is 9.16. The van der Waals surface area contributed by atoms with Crippen molar-refractivity contribution in [2.75, 3.05) is 19.5 Å². The Bertz CT molecular complexity index is 1170. The number of carbonyl (C=O) groups is 1. The number of imidazole rings is 1. The molecule has 0 fully saturated rings. The Morgan fingerprint density at radius 3 is 2.45 bits per heavy atom. The van der Waals surface area contributed by atoms with Crippen LogP contribution in [0.1, 0.15) is 15.9 Å². The van der Waals surface area contributed by atoms with E-state index in [1.54, 1.807) is 32.4 Å². The van der Waals surface area contributed by atoms with Crippen molar-refractivity contribution in [3.05, 3.63) is 78.1 Å². The lowest BCUT2D eigenvalue weighted by Gasteiger charge is -2.10. The quantitative estimate of drug-likeness (QED) is 0.544. The molecule has 0 saturated heterocycles. The van der Waals surface area contributed by atoms with Gasteiger partial charge in [-0.15, -0.1) is 0 Å². The Hall–Kier alpha value is -3.80. The molecule has 0 unspecified atom stereocenters. The summed E-state index contributed by atoms with van der Waals surface area (Å²) >= 11 is 0. The maximum absolute atomic E-state index is 12.7. The highest BCUT2D eigenvalue weighted by molar-refractivity contribution is 6.05. The standard InChI is InChI=1S/C23H21N3O3/c1-15-7-8-22-25-21(14-26(22)13-15)16-5-4-6-18(9-16)24-23(27)17-10-19(28-2)12-20(11-17)29-3/h4-14H,1-3H3,(H,24,27). The molecule has 2 aromatic heterocycles. The maximum Gasteiger partial charge on any atom is 0.255 e. The van der Waals surface area contributed by atoms with E-state index in [1.165, 1.54) is 0 Å². The van der Waals surface area contributed by atoms with Gasteiger partial charge in [0.25, 0.3) is 5.91 Å². The van der Waals surface area contributed by atoms with E-state index in [-0.39, 0.29) is 5.91 Å². The number of carbonyl (C=O) groups excluding carboxylic acids is 1. The van der Waals surface area contributed by atoms with Crippen LogP contribution in [0.2, 0.25) is 0 Å². The monoisotopic (exact) mass is 387 g/mol. The average Bonchev–Trinajstić information content (AvgIpc) is 3.16. The summed E-state index contributed by atoms with van der Waals surface area (Å²) in [4.78, 5) is 17.4. The van der Waals surface area contributed by atoms with Crippen molar-refractivity contribution in [1.29, 1.82) is 0 Å². The fourth-order valence-corrected chi connectivity index (χ4v) is 3.14. The van der Waals surface area contributed by atoms with Crippen LogP contribution in [-0.2, 0) is 0 Å². The molecule has 4 aromatic rings. The van der Waals surface area contributed by atoms with Gasteiger partial charge in [0.15, 0.2) is 0 Å². The second-order valence-electron chi connectivity index (χ2n) is 6.73. The highest BCUT2D eigenvalue weighted by Crippen LogP contribution is 2.25. The Kier molecular flexibility index (Phi) is 4.91. The first kappa shape index (κ1) is 18.6. The number of hydrogen-bond acceptors (Lipinski definition) is 4. The molecule has 0 atom stereocenters. The molecule has 1 amide bonds. The van der Waals surface area contributed by atoms with Crippen LogP contribution in [0.15, 0.2) is 67.0 Å². The lowest BCUT2D eigenvalue weighted by molar-refractivity contribution is 0.102. The molecule has 2 heterocycles. The minimum absolute atomic E-state index is 0.245. The van der Waals surface area contributed by atoms with E-state index in [9.17, 15) is 4.79 Å². The normalized spacial score (nSPS) is 10.7. The van der Waals surface area contributed by atoms with Crippen LogP contribution in [0.4, 0.5) is 5.69 Å². The zero-order valence-corrected chi connectivity index (χ0v) is 16.5. The van der Waals surface area contributed by atoms with Gasteiger partial charge in [-0.05, 0) is 42.8 Å². The summed E-state index contributed by atoms with van der Waals surface area (Å²) in [6.45, 7) is 2.04. The number of anilines is 1. The maximum atomic E-state index is 12.7. The number of aryl methyl sites for hydroxylation is 1. The second-order valence-corrected chi connectivity index (χ2v) is 6.73. The third-order valence-electron chi connectivity index (χ3n) is 4.63. The zero-order valence-electron chi connectivity index (χ0n) is 16.5. The molecule has 0 aliphatic heterocycles. The highest BCUT2D eigenvalue weighted by atomic mass is 16.5. The van der Waals surface area contributed by atoms with E-state index in [1.807, 2.05) is 60.1 Å². The number of methoxy groups -OCH3 is 2. The van der Waals surface area contributed by atoms with E-state index in [4.69, 9.17) is 9.47 Å². The zero-order chi connectivity index (χ0) is 20.4. The number of rotatable bonds is 5. The predicted molar refractivity (Wildman–Crippen MR) is 113 cm³/mol. The number of pyridine rings is 1. The van der Waals surface area contributed by atoms with Gasteiger partial charge in [-0.3, -0.25) is 4.79 Å². The van der Waals surface area contributed by atoms with Gasteiger partial charge in [0.1, 0.15) is 17.1 Å². The summed E-state index contributed by atoms with van der Waals surface area (Å²) < 4.78 is 12.5. The molecule has 29 heavy (non-hydrogen) atoms. The van der Waals surface area contributed by atoms with Gasteiger partial charge in [-0.2, -0.15) is 0 Å². The average molecular weight is 387 g/mol. The molecule has 0 bridgehead atoms. The van der Waals surface area contributed by atoms with Gasteiger partial charge in [0, 0.05) is 35.3 Å². The number of fused-ring (bicyclic) bond motifs is 1. The number of nitrogens with zero attached hydrogens (tertiary/aromatic N) is 2. The number of amides is 1. The predicted octanol–water partition coefficient (Wildman–Crippen LogP) is 4.58. The number of aromatic nitrogens is 2. The van der Waals surface area contributed by atoms with Gasteiger partial charge in [0.2, 0.25) is 0 Å². The topological polar surface area (TPSA) is 64.9 Å². The highest BCUT2D eigenvalue weighted by Gasteiger charge is 2.11. The lowest BCUT2D eigenvalue weighted by Crippen LogP contribution is -2.12. The summed E-state index contributed by atoms with van der Waals surface area (Å²) in [6.07, 6.45) is 4.02. The summed E-state index contributed by atoms with van der Waals surface area (Å²) in [5.41, 5.74) is 4.94. The Morgan fingerprint density at radius 2 is 1.72 bits per heavy atom. The van der Waals surface area contributed by atoms with Crippen molar-refractivity contribution in [2.24, 2.45) is 0 Å². The van der Waals surface area contributed by atoms with Crippen LogP contribution in [0.3, 0.4) is 0 Å². The Morgan fingerprint density at radius 1 is 0.966 bits per heavy atom. The van der Waals surface area contributed by atoms with E-state index in [0.29, 0.717) is 22.7 Å². The van der Waals surface area contributed by atoms with Gasteiger partial charge in [-0.25, -0.2) is 4.98 Å². The summed E-state index contributed by atoms with van der Waals surface area (Å²) in [6, 6.07) is 16.7. The molecule has 0 spiro atoms. The van der Waals surface area contributed by atoms with Gasteiger partial charge < -0.3 is 19.2 Å². The number of ether oxygens (including phenoxy) is 2. The molecule has 2 aromatic carbocycles. The molecule has 1 N–H and O–H groups in total. The van der Waals surface area contributed by atoms with E-state index in [2.05, 4.69) is 10.3 Å². The van der Waals surface area contributed by atoms with Crippen LogP contribution in [0.5, 0.6) is 11.5 Å². The van der Waals surface area contributed by atoms with Crippen LogP contribution in [-0.4, -0.2) is 29.5 Å². The lowest BCUT2D eigenvalue weighted by atomic mass is 10.1. The number of benzene rings is 2. The molecular formula is C23H21N3O3. The van der Waals surface area contributed by atoms with Gasteiger partial charge >= 0.3 is 0 Å². The van der Waals surface area contributed by atoms with Crippen molar-refractivity contribution in [1.82, 2.24) is 9.38 Å². The molecule has 6 nitrogen and oxygen atoms in total. The third-order valence-corrected chi connectivity index (χ3v) is 4.63. The molecule has 0 aliphatic rings. The van der Waals surface area contributed by atoms with Crippen LogP contribution in [0.25, 0.3) is 16.9 Å². The van der Waals surface area contributed by atoms with Crippen molar-refractivity contribution in [3.8, 4) is 22.8 Å². The van der Waals surface area contributed by atoms with Crippen LogP contribution in [0, 0.1) is 6.92 Å². The minimum atomic E-state index is -0.245. The summed E-state index contributed by atoms with van der Waals surface area (Å²) in [5.74, 6) is 0.872. The van der Waals surface area contributed by atoms with Crippen molar-refractivity contribution in [3.63, 3.8) is 0 Å². The molecule has 0 radical (unpaired) electrons. The molecule has 6 heteroatoms. The van der Waals surface area contributed by atoms with Crippen LogP contribution < -0.4 is 14.8 Å². The van der Waals surface area contributed by atoms with E-state index in [0.717, 1.165) is 22.5 Å². The SMILES string of the molecule is COc1cc(OC)cc(C(=O)Nc2cccc(-c3cn4cc(C)ccc4n3)c2)c1. The van der Waals surface area contributed by atoms with Gasteiger partial charge in [-0.1, -0.05) is 18.2 Å². The van der Waals surface area contributed by atoms with E-state index >= 15 is 0 Å². The Labute approximate surface area is 168 Å². The first-order chi connectivity index (χ1) is 14.1. The van der Waals surface area contributed by atoms with Crippen molar-refractivity contribution >= 4 is 17.2 Å². The largest absolute Gasteiger partial charge is 0.497 e. The Balaban J connectivity index is 1.61. The molecule has 4 rings (SSSR count). The molecule has 0 aliphatic carbocycles. The van der Waals surface area contributed by atoms with Crippen molar-refractivity contribution in [2.45, 2.75) is 6.92 Å². The summed E-state index contributed by atoms with van der Waals surface area (Å²) in [5, 5.41) is 2.93. The fourth-order valence-electron chi connectivity index (χ4n) is 3.14. The van der Waals surface area contributed by atoms with Gasteiger partial charge in [0.05, 0.1) is 19.9 Å². The third kappa shape index (κ3) is 3.91. The molecule has 146 valence electrons. The van der Waals surface area contributed by atoms with E-state index < -0.39 is 0 Å². The number of nitrogens with one attached hydrogen (secondary N) is 1. The minimum Gasteiger partial charge on any atom is -0.497 e. The summed E-state index contributed by atoms with van der Waals surface area (Å²) in [7, 11) is 3.10. The second kappa shape index (κ2) is 7.67. The first-order valence-electron chi connectivity index (χ1n) is 9.16. The number of hydrogen-bond donors (Lipinski definition) is 1. The smallest absolute Gasteiger partial charge is 0.255 e. The molecule has 0 saturated carbocycles. The van der Waals surface area contributed by atoms with Crippen molar-refractivity contribution < 1.29 is 14.3 Å². The molecular weight excluding hydrogens is 366 g/mol. The fraction of sp³-hybridized carbons (Fsp3) is 0.130.